The molecule has 0 spiro atoms. The molecular formula is C17H13Cl2N3O4. The average molecular weight is 394 g/mol. The third kappa shape index (κ3) is 3.79. The number of hydrogen-bond donors (Lipinski definition) is 1. The van der Waals surface area contributed by atoms with E-state index in [9.17, 15) is 14.4 Å². The second kappa shape index (κ2) is 7.72. The molecule has 1 aliphatic rings. The number of nitrogens with one attached hydrogen (secondary N) is 1. The van der Waals surface area contributed by atoms with E-state index in [1.165, 1.54) is 12.3 Å². The van der Waals surface area contributed by atoms with Gasteiger partial charge in [-0.05, 0) is 30.3 Å². The minimum Gasteiger partial charge on any atom is -0.482 e. The van der Waals surface area contributed by atoms with E-state index in [0.29, 0.717) is 15.8 Å². The first-order valence-corrected chi connectivity index (χ1v) is 8.38. The highest BCUT2D eigenvalue weighted by Crippen LogP contribution is 2.27. The topological polar surface area (TPSA) is 88.6 Å². The zero-order valence-electron chi connectivity index (χ0n) is 13.4. The summed E-state index contributed by atoms with van der Waals surface area (Å²) in [5, 5.41) is 3.33. The Bertz CT molecular complexity index is 853. The van der Waals surface area contributed by atoms with Crippen molar-refractivity contribution in [3.05, 3.63) is 57.8 Å². The van der Waals surface area contributed by atoms with Crippen LogP contribution in [-0.2, 0) is 4.79 Å². The molecule has 0 unspecified atom stereocenters. The summed E-state index contributed by atoms with van der Waals surface area (Å²) in [5.41, 5.74) is 0.397. The fourth-order valence-corrected chi connectivity index (χ4v) is 2.87. The van der Waals surface area contributed by atoms with Crippen LogP contribution in [0.25, 0.3) is 0 Å². The maximum atomic E-state index is 12.2. The number of benzene rings is 1. The van der Waals surface area contributed by atoms with Crippen LogP contribution in [0.2, 0.25) is 10.0 Å². The van der Waals surface area contributed by atoms with Crippen LogP contribution in [0.3, 0.4) is 0 Å². The van der Waals surface area contributed by atoms with Crippen LogP contribution in [0.5, 0.6) is 5.75 Å². The SMILES string of the molecule is O=C(COc1ccc(Cl)cc1Cl)NCCN1C(=O)c2cccnc2C1=O. The van der Waals surface area contributed by atoms with Crippen molar-refractivity contribution in [2.24, 2.45) is 0 Å². The third-order valence-corrected chi connectivity index (χ3v) is 4.17. The maximum absolute atomic E-state index is 12.2. The normalized spacial score (nSPS) is 12.9. The first-order chi connectivity index (χ1) is 12.5. The average Bonchev–Trinajstić information content (AvgIpc) is 2.86. The molecule has 0 radical (unpaired) electrons. The number of imide groups is 1. The molecule has 1 aliphatic heterocycles. The van der Waals surface area contributed by atoms with Gasteiger partial charge in [-0.3, -0.25) is 24.3 Å². The molecule has 0 aliphatic carbocycles. The third-order valence-electron chi connectivity index (χ3n) is 3.64. The highest BCUT2D eigenvalue weighted by molar-refractivity contribution is 6.35. The van der Waals surface area contributed by atoms with Crippen molar-refractivity contribution < 1.29 is 19.1 Å². The number of aromatic nitrogens is 1. The number of ether oxygens (including phenoxy) is 1. The highest BCUT2D eigenvalue weighted by Gasteiger charge is 2.36. The molecule has 26 heavy (non-hydrogen) atoms. The van der Waals surface area contributed by atoms with Crippen molar-refractivity contribution in [1.82, 2.24) is 15.2 Å². The Labute approximate surface area is 158 Å². The van der Waals surface area contributed by atoms with Crippen LogP contribution in [0.1, 0.15) is 20.8 Å². The summed E-state index contributed by atoms with van der Waals surface area (Å²) in [7, 11) is 0. The van der Waals surface area contributed by atoms with E-state index in [2.05, 4.69) is 10.3 Å². The summed E-state index contributed by atoms with van der Waals surface area (Å²) < 4.78 is 5.31. The van der Waals surface area contributed by atoms with Crippen LogP contribution >= 0.6 is 23.2 Å². The van der Waals surface area contributed by atoms with Gasteiger partial charge >= 0.3 is 0 Å². The van der Waals surface area contributed by atoms with E-state index in [1.807, 2.05) is 0 Å². The Kier molecular flexibility index (Phi) is 5.39. The Balaban J connectivity index is 1.47. The van der Waals surface area contributed by atoms with E-state index in [-0.39, 0.29) is 31.0 Å². The summed E-state index contributed by atoms with van der Waals surface area (Å²) in [6.07, 6.45) is 1.45. The van der Waals surface area contributed by atoms with Gasteiger partial charge in [0.2, 0.25) is 0 Å². The molecule has 1 N–H and O–H groups in total. The number of rotatable bonds is 6. The second-order valence-corrected chi connectivity index (χ2v) is 6.22. The lowest BCUT2D eigenvalue weighted by molar-refractivity contribution is -0.123. The number of hydrogen-bond acceptors (Lipinski definition) is 5. The summed E-state index contributed by atoms with van der Waals surface area (Å²) in [4.78, 5) is 41.1. The number of halogens is 2. The Morgan fingerprint density at radius 3 is 2.73 bits per heavy atom. The van der Waals surface area contributed by atoms with E-state index in [4.69, 9.17) is 27.9 Å². The van der Waals surface area contributed by atoms with Gasteiger partial charge in [0.05, 0.1) is 10.6 Å². The van der Waals surface area contributed by atoms with E-state index in [0.717, 1.165) is 4.90 Å². The van der Waals surface area contributed by atoms with Crippen molar-refractivity contribution in [1.29, 1.82) is 0 Å². The van der Waals surface area contributed by atoms with Crippen molar-refractivity contribution in [2.45, 2.75) is 0 Å². The van der Waals surface area contributed by atoms with Crippen molar-refractivity contribution in [2.75, 3.05) is 19.7 Å². The Morgan fingerprint density at radius 2 is 2.00 bits per heavy atom. The smallest absolute Gasteiger partial charge is 0.280 e. The number of pyridine rings is 1. The van der Waals surface area contributed by atoms with Crippen LogP contribution in [0.4, 0.5) is 0 Å². The maximum Gasteiger partial charge on any atom is 0.280 e. The zero-order chi connectivity index (χ0) is 18.7. The summed E-state index contributed by atoms with van der Waals surface area (Å²) in [6, 6.07) is 7.80. The molecule has 0 saturated heterocycles. The number of carbonyl (C=O) groups excluding carboxylic acids is 3. The zero-order valence-corrected chi connectivity index (χ0v) is 14.9. The molecule has 2 aromatic rings. The number of carbonyl (C=O) groups is 3. The number of fused-ring (bicyclic) bond motifs is 1. The Hall–Kier alpha value is -2.64. The fraction of sp³-hybridized carbons (Fsp3) is 0.176. The van der Waals surface area contributed by atoms with Gasteiger partial charge in [-0.1, -0.05) is 23.2 Å². The molecule has 134 valence electrons. The lowest BCUT2D eigenvalue weighted by atomic mass is 10.2. The predicted octanol–water partition coefficient (Wildman–Crippen LogP) is 2.18. The lowest BCUT2D eigenvalue weighted by Gasteiger charge is -2.14. The fourth-order valence-electron chi connectivity index (χ4n) is 2.41. The van der Waals surface area contributed by atoms with Crippen LogP contribution < -0.4 is 10.1 Å². The first-order valence-electron chi connectivity index (χ1n) is 7.63. The number of amides is 3. The molecule has 1 aromatic heterocycles. The van der Waals surface area contributed by atoms with Crippen molar-refractivity contribution in [3.8, 4) is 5.75 Å². The first kappa shape index (κ1) is 18.2. The van der Waals surface area contributed by atoms with Gasteiger partial charge in [0.25, 0.3) is 17.7 Å². The molecule has 7 nitrogen and oxygen atoms in total. The van der Waals surface area contributed by atoms with Crippen molar-refractivity contribution in [3.63, 3.8) is 0 Å². The van der Waals surface area contributed by atoms with Gasteiger partial charge in [0, 0.05) is 24.3 Å². The van der Waals surface area contributed by atoms with Crippen LogP contribution in [0, 0.1) is 0 Å². The van der Waals surface area contributed by atoms with Crippen molar-refractivity contribution >= 4 is 40.9 Å². The Morgan fingerprint density at radius 1 is 1.19 bits per heavy atom. The molecular weight excluding hydrogens is 381 g/mol. The molecule has 1 aromatic carbocycles. The molecule has 3 rings (SSSR count). The molecule has 0 saturated carbocycles. The largest absolute Gasteiger partial charge is 0.482 e. The monoisotopic (exact) mass is 393 g/mol. The summed E-state index contributed by atoms with van der Waals surface area (Å²) in [5.74, 6) is -0.969. The molecule has 9 heteroatoms. The minimum atomic E-state index is -0.468. The molecule has 0 bridgehead atoms. The quantitative estimate of drug-likeness (QED) is 0.759. The van der Waals surface area contributed by atoms with Crippen LogP contribution in [0.15, 0.2) is 36.5 Å². The highest BCUT2D eigenvalue weighted by atomic mass is 35.5. The molecule has 2 heterocycles. The summed E-state index contributed by atoms with van der Waals surface area (Å²) in [6.45, 7) is -0.117. The van der Waals surface area contributed by atoms with Crippen LogP contribution in [-0.4, -0.2) is 47.3 Å². The van der Waals surface area contributed by atoms with Gasteiger partial charge < -0.3 is 10.1 Å². The predicted molar refractivity (Wildman–Crippen MR) is 94.6 cm³/mol. The lowest BCUT2D eigenvalue weighted by Crippen LogP contribution is -2.39. The molecule has 0 fully saturated rings. The molecule has 0 atom stereocenters. The van der Waals surface area contributed by atoms with E-state index < -0.39 is 17.7 Å². The number of nitrogens with zero attached hydrogens (tertiary/aromatic N) is 2. The summed E-state index contributed by atoms with van der Waals surface area (Å²) >= 11 is 11.7. The van der Waals surface area contributed by atoms with E-state index >= 15 is 0 Å². The molecule has 3 amide bonds. The second-order valence-electron chi connectivity index (χ2n) is 5.37. The van der Waals surface area contributed by atoms with E-state index in [1.54, 1.807) is 24.3 Å². The minimum absolute atomic E-state index is 0.0431. The van der Waals surface area contributed by atoms with Gasteiger partial charge in [-0.25, -0.2) is 0 Å². The van der Waals surface area contributed by atoms with Gasteiger partial charge in [0.1, 0.15) is 11.4 Å². The van der Waals surface area contributed by atoms with Gasteiger partial charge in [-0.15, -0.1) is 0 Å². The standard InChI is InChI=1S/C17H13Cl2N3O4/c18-10-3-4-13(12(19)8-10)26-9-14(23)20-6-7-22-16(24)11-2-1-5-21-15(11)17(22)25/h1-5,8H,6-7,9H2,(H,20,23). The van der Waals surface area contributed by atoms with Gasteiger partial charge in [0.15, 0.2) is 6.61 Å². The van der Waals surface area contributed by atoms with Gasteiger partial charge in [-0.2, -0.15) is 0 Å².